The Labute approximate surface area is 190 Å². The highest BCUT2D eigenvalue weighted by Crippen LogP contribution is 2.24. The van der Waals surface area contributed by atoms with Crippen LogP contribution in [0.3, 0.4) is 0 Å². The molecule has 0 aliphatic rings. The number of aromatic amines is 1. The van der Waals surface area contributed by atoms with E-state index in [1.54, 1.807) is 12.4 Å². The number of aromatic nitrogens is 7. The molecular weight excluding hydrogens is 414 g/mol. The van der Waals surface area contributed by atoms with Crippen LogP contribution in [0.4, 0.5) is 17.5 Å². The lowest BCUT2D eigenvalue weighted by Gasteiger charge is -2.15. The van der Waals surface area contributed by atoms with Gasteiger partial charge in [0.05, 0.1) is 5.69 Å². The molecule has 3 aromatic heterocycles. The number of pyridine rings is 1. The Morgan fingerprint density at radius 2 is 1.64 bits per heavy atom. The zero-order valence-electron chi connectivity index (χ0n) is 17.8. The zero-order valence-corrected chi connectivity index (χ0v) is 17.8. The number of hydrogen-bond acceptors (Lipinski definition) is 8. The number of H-pyrrole nitrogens is 1. The van der Waals surface area contributed by atoms with Gasteiger partial charge in [-0.3, -0.25) is 0 Å². The summed E-state index contributed by atoms with van der Waals surface area (Å²) >= 11 is 0. The van der Waals surface area contributed by atoms with Gasteiger partial charge in [0, 0.05) is 41.3 Å². The molecule has 33 heavy (non-hydrogen) atoms. The van der Waals surface area contributed by atoms with Crippen molar-refractivity contribution in [3.05, 3.63) is 90.8 Å². The van der Waals surface area contributed by atoms with Crippen molar-refractivity contribution in [2.24, 2.45) is 0 Å². The van der Waals surface area contributed by atoms with Gasteiger partial charge in [-0.05, 0) is 29.8 Å². The van der Waals surface area contributed by atoms with Crippen LogP contribution in [0.25, 0.3) is 22.6 Å². The number of benzene rings is 2. The van der Waals surface area contributed by atoms with Crippen molar-refractivity contribution in [3.63, 3.8) is 0 Å². The smallest absolute Gasteiger partial charge is 0.227 e. The Bertz CT molecular complexity index is 1320. The maximum atomic E-state index is 4.66. The van der Waals surface area contributed by atoms with E-state index in [9.17, 15) is 0 Å². The predicted molar refractivity (Wildman–Crippen MR) is 127 cm³/mol. The van der Waals surface area contributed by atoms with Gasteiger partial charge in [0.2, 0.25) is 11.8 Å². The number of rotatable bonds is 7. The molecule has 0 saturated heterocycles. The minimum Gasteiger partial charge on any atom is -0.363 e. The topological polar surface area (TPSA) is 117 Å². The van der Waals surface area contributed by atoms with E-state index in [2.05, 4.69) is 65.3 Å². The lowest BCUT2D eigenvalue weighted by Crippen LogP contribution is -2.08. The van der Waals surface area contributed by atoms with Crippen molar-refractivity contribution in [3.8, 4) is 22.6 Å². The van der Waals surface area contributed by atoms with Crippen molar-refractivity contribution in [2.45, 2.75) is 13.0 Å². The first-order valence-corrected chi connectivity index (χ1v) is 10.5. The molecule has 3 heterocycles. The van der Waals surface area contributed by atoms with E-state index >= 15 is 0 Å². The molecule has 0 aliphatic carbocycles. The summed E-state index contributed by atoms with van der Waals surface area (Å²) in [5.74, 6) is 1.82. The summed E-state index contributed by atoms with van der Waals surface area (Å²) in [6, 6.07) is 23.9. The first-order valence-electron chi connectivity index (χ1n) is 10.5. The number of nitrogens with zero attached hydrogens (tertiary/aromatic N) is 6. The summed E-state index contributed by atoms with van der Waals surface area (Å²) in [5.41, 5.74) is 4.68. The summed E-state index contributed by atoms with van der Waals surface area (Å²) in [6.07, 6.45) is 3.48. The van der Waals surface area contributed by atoms with E-state index in [0.717, 1.165) is 28.3 Å². The molecule has 9 nitrogen and oxygen atoms in total. The fourth-order valence-corrected chi connectivity index (χ4v) is 3.42. The van der Waals surface area contributed by atoms with Crippen LogP contribution in [0.1, 0.15) is 18.5 Å². The second-order valence-corrected chi connectivity index (χ2v) is 7.41. The minimum atomic E-state index is 0.129. The number of hydrogen-bond donors (Lipinski definition) is 3. The molecule has 0 spiro atoms. The summed E-state index contributed by atoms with van der Waals surface area (Å²) in [4.78, 5) is 13.4. The van der Waals surface area contributed by atoms with Crippen molar-refractivity contribution < 1.29 is 0 Å². The molecule has 3 N–H and O–H groups in total. The maximum absolute atomic E-state index is 4.66. The van der Waals surface area contributed by atoms with Gasteiger partial charge >= 0.3 is 0 Å². The normalized spacial score (nSPS) is 11.7. The molecule has 5 rings (SSSR count). The van der Waals surface area contributed by atoms with E-state index in [-0.39, 0.29) is 6.04 Å². The van der Waals surface area contributed by atoms with E-state index in [1.807, 2.05) is 60.7 Å². The zero-order chi connectivity index (χ0) is 22.5. The van der Waals surface area contributed by atoms with Crippen molar-refractivity contribution >= 4 is 17.5 Å². The summed E-state index contributed by atoms with van der Waals surface area (Å²) in [6.45, 7) is 2.10. The lowest BCUT2D eigenvalue weighted by molar-refractivity contribution is 0.875. The van der Waals surface area contributed by atoms with E-state index in [1.165, 1.54) is 5.56 Å². The monoisotopic (exact) mass is 435 g/mol. The first kappa shape index (κ1) is 20.3. The molecule has 0 radical (unpaired) electrons. The molecule has 0 fully saturated rings. The highest BCUT2D eigenvalue weighted by molar-refractivity contribution is 5.66. The Balaban J connectivity index is 1.30. The molecule has 0 bridgehead atoms. The third kappa shape index (κ3) is 4.82. The van der Waals surface area contributed by atoms with E-state index < -0.39 is 0 Å². The van der Waals surface area contributed by atoms with Crippen LogP contribution < -0.4 is 10.6 Å². The third-order valence-electron chi connectivity index (χ3n) is 5.12. The molecule has 162 valence electrons. The van der Waals surface area contributed by atoms with Crippen LogP contribution in [-0.2, 0) is 0 Å². The molecule has 0 unspecified atom stereocenters. The Morgan fingerprint density at radius 3 is 2.42 bits per heavy atom. The lowest BCUT2D eigenvalue weighted by atomic mass is 10.1. The molecule has 9 heteroatoms. The second-order valence-electron chi connectivity index (χ2n) is 7.41. The third-order valence-corrected chi connectivity index (χ3v) is 5.12. The van der Waals surface area contributed by atoms with Crippen LogP contribution >= 0.6 is 0 Å². The highest BCUT2D eigenvalue weighted by atomic mass is 15.5. The average molecular weight is 435 g/mol. The predicted octanol–water partition coefficient (Wildman–Crippen LogP) is 4.64. The van der Waals surface area contributed by atoms with Crippen molar-refractivity contribution in [1.29, 1.82) is 0 Å². The molecule has 0 amide bonds. The van der Waals surface area contributed by atoms with Crippen LogP contribution in [-0.4, -0.2) is 35.6 Å². The maximum Gasteiger partial charge on any atom is 0.227 e. The Morgan fingerprint density at radius 1 is 0.848 bits per heavy atom. The number of anilines is 3. The molecule has 1 atom stereocenters. The van der Waals surface area contributed by atoms with Gasteiger partial charge in [-0.25, -0.2) is 15.0 Å². The van der Waals surface area contributed by atoms with Gasteiger partial charge < -0.3 is 10.6 Å². The van der Waals surface area contributed by atoms with Gasteiger partial charge in [0.15, 0.2) is 0 Å². The highest BCUT2D eigenvalue weighted by Gasteiger charge is 2.08. The largest absolute Gasteiger partial charge is 0.363 e. The van der Waals surface area contributed by atoms with Gasteiger partial charge in [-0.2, -0.15) is 5.21 Å². The van der Waals surface area contributed by atoms with Crippen LogP contribution in [0.15, 0.2) is 85.2 Å². The van der Waals surface area contributed by atoms with Crippen LogP contribution in [0.5, 0.6) is 0 Å². The van der Waals surface area contributed by atoms with Crippen molar-refractivity contribution in [2.75, 3.05) is 10.6 Å². The fourth-order valence-electron chi connectivity index (χ4n) is 3.42. The molecule has 5 aromatic rings. The second kappa shape index (κ2) is 9.23. The molecule has 0 saturated carbocycles. The molecular formula is C24H21N9. The van der Waals surface area contributed by atoms with Crippen LogP contribution in [0.2, 0.25) is 0 Å². The summed E-state index contributed by atoms with van der Waals surface area (Å²) in [7, 11) is 0. The standard InChI is InChI=1S/C24H21N9/c1-16(17-5-3-2-4-6-17)27-22-15-20(11-13-25-22)28-24-26-14-12-21(29-24)18-7-9-19(10-8-18)23-30-32-33-31-23/h2-16H,1H3,(H,30,31,32,33)(H2,25,26,27,28,29)/t16-/m0/s1. The van der Waals surface area contributed by atoms with Gasteiger partial charge in [0.25, 0.3) is 0 Å². The SMILES string of the molecule is C[C@H](Nc1cc(Nc2nccc(-c3ccc(-c4nn[nH]n4)cc3)n2)ccn1)c1ccccc1. The Hall–Kier alpha value is -4.66. The van der Waals surface area contributed by atoms with Gasteiger partial charge in [0.1, 0.15) is 5.82 Å². The minimum absolute atomic E-state index is 0.129. The Kier molecular flexibility index (Phi) is 5.66. The number of nitrogens with one attached hydrogen (secondary N) is 3. The van der Waals surface area contributed by atoms with E-state index in [0.29, 0.717) is 11.8 Å². The first-order chi connectivity index (χ1) is 16.2. The van der Waals surface area contributed by atoms with Gasteiger partial charge in [-0.15, -0.1) is 10.2 Å². The molecule has 0 aliphatic heterocycles. The van der Waals surface area contributed by atoms with Crippen LogP contribution in [0, 0.1) is 0 Å². The summed E-state index contributed by atoms with van der Waals surface area (Å²) < 4.78 is 0. The van der Waals surface area contributed by atoms with Gasteiger partial charge in [-0.1, -0.05) is 54.6 Å². The fraction of sp³-hybridized carbons (Fsp3) is 0.0833. The number of tetrazole rings is 1. The molecule has 2 aromatic carbocycles. The van der Waals surface area contributed by atoms with E-state index in [4.69, 9.17) is 0 Å². The quantitative estimate of drug-likeness (QED) is 0.339. The average Bonchev–Trinajstić information content (AvgIpc) is 3.40. The summed E-state index contributed by atoms with van der Waals surface area (Å²) in [5, 5.41) is 20.7. The van der Waals surface area contributed by atoms with Crippen molar-refractivity contribution in [1.82, 2.24) is 35.6 Å².